The number of anilines is 1. The van der Waals surface area contributed by atoms with Gasteiger partial charge in [0.25, 0.3) is 5.91 Å². The summed E-state index contributed by atoms with van der Waals surface area (Å²) < 4.78 is 14.5. The summed E-state index contributed by atoms with van der Waals surface area (Å²) in [6.45, 7) is 0.379. The summed E-state index contributed by atoms with van der Waals surface area (Å²) in [4.78, 5) is 25.8. The number of carbonyl (C=O) groups is 1. The molecule has 3 aromatic carbocycles. The molecule has 1 fully saturated rings. The number of nitrogens with zero attached hydrogens (tertiary/aromatic N) is 4. The van der Waals surface area contributed by atoms with E-state index in [9.17, 15) is 9.90 Å². The van der Waals surface area contributed by atoms with Crippen LogP contribution in [0.3, 0.4) is 0 Å². The zero-order valence-electron chi connectivity index (χ0n) is 21.7. The molecule has 1 aliphatic heterocycles. The molecule has 1 aliphatic rings. The van der Waals surface area contributed by atoms with E-state index in [1.54, 1.807) is 17.0 Å². The number of fused-ring (bicyclic) bond motifs is 1. The number of aromatic nitrogens is 4. The molecule has 41 heavy (non-hydrogen) atoms. The van der Waals surface area contributed by atoms with Crippen LogP contribution in [0.25, 0.3) is 11.0 Å². The lowest BCUT2D eigenvalue weighted by Gasteiger charge is -2.36. The van der Waals surface area contributed by atoms with Gasteiger partial charge in [-0.1, -0.05) is 71.7 Å². The Bertz CT molecular complexity index is 1690. The zero-order valence-corrected chi connectivity index (χ0v) is 23.2. The van der Waals surface area contributed by atoms with Crippen molar-refractivity contribution < 1.29 is 19.4 Å². The van der Waals surface area contributed by atoms with Gasteiger partial charge in [0.05, 0.1) is 48.9 Å². The van der Waals surface area contributed by atoms with Crippen LogP contribution in [-0.4, -0.2) is 36.6 Å². The highest BCUT2D eigenvalue weighted by atomic mass is 35.5. The minimum absolute atomic E-state index is 0.0383. The number of hydrogen-bond donors (Lipinski definition) is 2. The van der Waals surface area contributed by atoms with Crippen LogP contribution >= 0.6 is 23.2 Å². The van der Waals surface area contributed by atoms with Gasteiger partial charge in [0, 0.05) is 17.7 Å². The van der Waals surface area contributed by atoms with Gasteiger partial charge in [-0.15, -0.1) is 0 Å². The largest absolute Gasteiger partial charge is 0.392 e. The van der Waals surface area contributed by atoms with E-state index in [4.69, 9.17) is 32.7 Å². The second-order valence-corrected chi connectivity index (χ2v) is 10.4. The molecule has 3 atom stereocenters. The molecule has 6 rings (SSSR count). The first-order valence-corrected chi connectivity index (χ1v) is 13.7. The molecule has 208 valence electrons. The number of halogens is 2. The number of aliphatic hydroxyl groups is 1. The highest BCUT2D eigenvalue weighted by Gasteiger charge is 2.33. The Labute approximate surface area is 245 Å². The lowest BCUT2D eigenvalue weighted by Crippen LogP contribution is -2.32. The van der Waals surface area contributed by atoms with Crippen LogP contribution in [0.5, 0.6) is 0 Å². The summed E-state index contributed by atoms with van der Waals surface area (Å²) in [6.07, 6.45) is 2.28. The van der Waals surface area contributed by atoms with E-state index in [2.05, 4.69) is 20.3 Å². The Balaban J connectivity index is 1.24. The number of para-hydroxylation sites is 2. The number of ether oxygens (including phenoxy) is 2. The monoisotopic (exact) mass is 589 g/mol. The van der Waals surface area contributed by atoms with Crippen LogP contribution in [0, 0.1) is 0 Å². The van der Waals surface area contributed by atoms with Gasteiger partial charge in [-0.3, -0.25) is 9.78 Å². The minimum atomic E-state index is -0.730. The summed E-state index contributed by atoms with van der Waals surface area (Å²) >= 11 is 12.4. The summed E-state index contributed by atoms with van der Waals surface area (Å²) in [5.74, 6) is -0.378. The molecule has 0 spiro atoms. The number of nitrogens with one attached hydrogen (secondary N) is 1. The van der Waals surface area contributed by atoms with Gasteiger partial charge in [-0.2, -0.15) is 0 Å². The Kier molecular flexibility index (Phi) is 7.95. The average Bonchev–Trinajstić information content (AvgIpc) is 3.33. The molecule has 3 heterocycles. The van der Waals surface area contributed by atoms with Crippen molar-refractivity contribution in [1.29, 1.82) is 0 Å². The van der Waals surface area contributed by atoms with Crippen molar-refractivity contribution in [2.45, 2.75) is 38.1 Å². The maximum Gasteiger partial charge on any atom is 0.275 e. The quantitative estimate of drug-likeness (QED) is 0.235. The lowest BCUT2D eigenvalue weighted by molar-refractivity contribution is -0.252. The van der Waals surface area contributed by atoms with E-state index in [1.807, 2.05) is 66.7 Å². The number of carbonyl (C=O) groups excluding carboxylic acids is 1. The molecule has 3 unspecified atom stereocenters. The van der Waals surface area contributed by atoms with Crippen molar-refractivity contribution in [2.75, 3.05) is 5.32 Å². The maximum atomic E-state index is 13.0. The van der Waals surface area contributed by atoms with Gasteiger partial charge in [0.2, 0.25) is 0 Å². The highest BCUT2D eigenvalue weighted by Crippen LogP contribution is 2.39. The van der Waals surface area contributed by atoms with E-state index >= 15 is 0 Å². The molecule has 2 aromatic heterocycles. The van der Waals surface area contributed by atoms with Crippen LogP contribution in [0.2, 0.25) is 10.3 Å². The lowest BCUT2D eigenvalue weighted by atomic mass is 10.00. The second kappa shape index (κ2) is 11.9. The van der Waals surface area contributed by atoms with Gasteiger partial charge in [0.1, 0.15) is 10.8 Å². The van der Waals surface area contributed by atoms with Gasteiger partial charge in [-0.05, 0) is 35.4 Å². The topological polar surface area (TPSA) is 111 Å². The van der Waals surface area contributed by atoms with Gasteiger partial charge < -0.3 is 24.5 Å². The number of rotatable bonds is 7. The molecule has 11 heteroatoms. The van der Waals surface area contributed by atoms with Crippen LogP contribution in [0.1, 0.15) is 46.0 Å². The Hall–Kier alpha value is -3.86. The summed E-state index contributed by atoms with van der Waals surface area (Å²) in [5.41, 5.74) is 4.62. The Morgan fingerprint density at radius 1 is 0.976 bits per heavy atom. The first kappa shape index (κ1) is 27.3. The van der Waals surface area contributed by atoms with E-state index in [0.717, 1.165) is 16.7 Å². The molecule has 1 saturated heterocycles. The molecule has 0 saturated carbocycles. The Morgan fingerprint density at radius 3 is 2.54 bits per heavy atom. The fraction of sp³-hybridized carbons (Fsp3) is 0.200. The van der Waals surface area contributed by atoms with Crippen molar-refractivity contribution >= 4 is 45.8 Å². The molecular formula is C30H25Cl2N5O4. The van der Waals surface area contributed by atoms with Crippen molar-refractivity contribution in [1.82, 2.24) is 19.5 Å². The standard InChI is InChI=1S/C30H25Cl2N5O4/c31-27-28(32)37(17-34-27)15-22-13-26(19-10-8-18(16-38)9-11-19)41-30(40-22)20-4-3-5-21(12-20)35-29(39)25-14-33-23-6-1-2-7-24(23)36-25/h1-12,14,17,22,26,30,38H,13,15-16H2,(H,35,39). The van der Waals surface area contributed by atoms with Crippen LogP contribution < -0.4 is 5.32 Å². The number of amides is 1. The normalized spacial score (nSPS) is 18.9. The van der Waals surface area contributed by atoms with E-state index in [0.29, 0.717) is 34.8 Å². The first-order valence-electron chi connectivity index (χ1n) is 13.0. The summed E-state index contributed by atoms with van der Waals surface area (Å²) in [6, 6.07) is 22.3. The number of imidazole rings is 1. The Morgan fingerprint density at radius 2 is 1.78 bits per heavy atom. The molecule has 1 amide bonds. The van der Waals surface area contributed by atoms with Gasteiger partial charge >= 0.3 is 0 Å². The van der Waals surface area contributed by atoms with Crippen molar-refractivity contribution in [3.8, 4) is 0 Å². The summed E-state index contributed by atoms with van der Waals surface area (Å²) in [7, 11) is 0. The first-order chi connectivity index (χ1) is 20.0. The van der Waals surface area contributed by atoms with Crippen molar-refractivity contribution in [3.63, 3.8) is 0 Å². The highest BCUT2D eigenvalue weighted by molar-refractivity contribution is 6.40. The average molecular weight is 590 g/mol. The van der Waals surface area contributed by atoms with E-state index in [1.165, 1.54) is 6.20 Å². The molecular weight excluding hydrogens is 565 g/mol. The maximum absolute atomic E-state index is 13.0. The zero-order chi connectivity index (χ0) is 28.3. The van der Waals surface area contributed by atoms with Crippen LogP contribution in [0.15, 0.2) is 85.3 Å². The molecule has 0 aliphatic carbocycles. The van der Waals surface area contributed by atoms with Gasteiger partial charge in [0.15, 0.2) is 11.4 Å². The smallest absolute Gasteiger partial charge is 0.275 e. The summed E-state index contributed by atoms with van der Waals surface area (Å²) in [5, 5.41) is 12.9. The molecule has 9 nitrogen and oxygen atoms in total. The SMILES string of the molecule is O=C(Nc1cccc(C2OC(Cn3cnc(Cl)c3Cl)CC(c3ccc(CO)cc3)O2)c1)c1cnc2ccccc2n1. The third kappa shape index (κ3) is 6.09. The van der Waals surface area contributed by atoms with E-state index < -0.39 is 6.29 Å². The third-order valence-corrected chi connectivity index (χ3v) is 7.62. The van der Waals surface area contributed by atoms with Crippen molar-refractivity contribution in [2.24, 2.45) is 0 Å². The van der Waals surface area contributed by atoms with Crippen molar-refractivity contribution in [3.05, 3.63) is 118 Å². The van der Waals surface area contributed by atoms with Crippen LogP contribution in [0.4, 0.5) is 5.69 Å². The number of hydrogen-bond acceptors (Lipinski definition) is 7. The second-order valence-electron chi connectivity index (χ2n) is 9.65. The predicted octanol–water partition coefficient (Wildman–Crippen LogP) is 6.12. The number of aliphatic hydroxyl groups excluding tert-OH is 1. The third-order valence-electron chi connectivity index (χ3n) is 6.85. The fourth-order valence-corrected chi connectivity index (χ4v) is 5.06. The predicted molar refractivity (Wildman–Crippen MR) is 155 cm³/mol. The molecule has 0 radical (unpaired) electrons. The fourth-order valence-electron chi connectivity index (χ4n) is 4.75. The number of benzene rings is 3. The molecule has 5 aromatic rings. The minimum Gasteiger partial charge on any atom is -0.392 e. The van der Waals surface area contributed by atoms with E-state index in [-0.39, 0.29) is 35.6 Å². The molecule has 2 N–H and O–H groups in total. The van der Waals surface area contributed by atoms with Crippen LogP contribution in [-0.2, 0) is 22.6 Å². The molecule has 0 bridgehead atoms. The van der Waals surface area contributed by atoms with Gasteiger partial charge in [-0.25, -0.2) is 9.97 Å².